The number of anilines is 1. The Labute approximate surface area is 224 Å². The fraction of sp³-hybridized carbons (Fsp3) is 0.192. The third-order valence-corrected chi connectivity index (χ3v) is 9.21. The Balaban J connectivity index is 1.31. The minimum atomic E-state index is -4.46. The van der Waals surface area contributed by atoms with Crippen LogP contribution in [0.2, 0.25) is 0 Å². The van der Waals surface area contributed by atoms with E-state index in [0.717, 1.165) is 28.7 Å². The van der Waals surface area contributed by atoms with Crippen molar-refractivity contribution in [3.05, 3.63) is 89.2 Å². The Morgan fingerprint density at radius 2 is 1.79 bits per heavy atom. The zero-order chi connectivity index (χ0) is 27.4. The quantitative estimate of drug-likeness (QED) is 0.249. The maximum atomic E-state index is 13.2. The van der Waals surface area contributed by atoms with Crippen LogP contribution in [0.4, 0.5) is 18.3 Å². The highest BCUT2D eigenvalue weighted by Crippen LogP contribution is 2.36. The summed E-state index contributed by atoms with van der Waals surface area (Å²) in [4.78, 5) is 24.0. The van der Waals surface area contributed by atoms with Gasteiger partial charge < -0.3 is 10.3 Å². The predicted octanol–water partition coefficient (Wildman–Crippen LogP) is 5.48. The molecule has 0 aliphatic carbocycles. The number of fused-ring (bicyclic) bond motifs is 2. The molecule has 5 aromatic rings. The molecule has 39 heavy (non-hydrogen) atoms. The fourth-order valence-electron chi connectivity index (χ4n) is 4.62. The number of nitrogens with zero attached hydrogens (tertiary/aromatic N) is 2. The highest BCUT2D eigenvalue weighted by atomic mass is 32.2. The molecule has 0 bridgehead atoms. The van der Waals surface area contributed by atoms with Gasteiger partial charge in [0.05, 0.1) is 39.3 Å². The second-order valence-electron chi connectivity index (χ2n) is 9.24. The first-order valence-corrected chi connectivity index (χ1v) is 14.2. The lowest BCUT2D eigenvalue weighted by atomic mass is 10.0. The standard InChI is InChI=1S/C26H20F3N5O3S2/c27-26(28,29)16-9-10-21-19(12-16)32-25(38-21)33-20(24-30-17-3-1-2-4-18(17)31-24)11-14-5-7-15(8-6-14)22-13-23(35)34-39(22,36)37/h1-10,12,20,22H,11,13H2,(H,30,31)(H,32,33)(H,34,35)/t20-,22-/m0/s1. The van der Waals surface area contributed by atoms with Crippen molar-refractivity contribution < 1.29 is 26.4 Å². The summed E-state index contributed by atoms with van der Waals surface area (Å²) in [7, 11) is -3.75. The molecular weight excluding hydrogens is 551 g/mol. The molecule has 2 atom stereocenters. The van der Waals surface area contributed by atoms with Gasteiger partial charge in [-0.15, -0.1) is 0 Å². The van der Waals surface area contributed by atoms with Gasteiger partial charge in [0.15, 0.2) is 5.13 Å². The van der Waals surface area contributed by atoms with Crippen molar-refractivity contribution >= 4 is 53.6 Å². The maximum absolute atomic E-state index is 13.2. The van der Waals surface area contributed by atoms with Gasteiger partial charge in [0.1, 0.15) is 11.1 Å². The van der Waals surface area contributed by atoms with Gasteiger partial charge in [-0.1, -0.05) is 47.7 Å². The van der Waals surface area contributed by atoms with E-state index < -0.39 is 39.0 Å². The Bertz CT molecular complexity index is 1780. The lowest BCUT2D eigenvalue weighted by Crippen LogP contribution is -2.21. The fourth-order valence-corrected chi connectivity index (χ4v) is 6.95. The first-order valence-electron chi connectivity index (χ1n) is 11.9. The second-order valence-corrected chi connectivity index (χ2v) is 12.1. The molecule has 8 nitrogen and oxygen atoms in total. The van der Waals surface area contributed by atoms with E-state index in [9.17, 15) is 26.4 Å². The SMILES string of the molecule is O=C1C[C@@H](c2ccc(C[C@H](Nc3nc4cc(C(F)(F)F)ccc4s3)c3nc4ccccc4[nH]3)cc2)S(=O)(=O)N1. The largest absolute Gasteiger partial charge is 0.416 e. The van der Waals surface area contributed by atoms with Gasteiger partial charge >= 0.3 is 6.18 Å². The Kier molecular flexibility index (Phi) is 6.07. The third-order valence-electron chi connectivity index (χ3n) is 6.54. The number of carbonyl (C=O) groups excluding carboxylic acids is 1. The van der Waals surface area contributed by atoms with E-state index >= 15 is 0 Å². The number of thiazole rings is 1. The summed E-state index contributed by atoms with van der Waals surface area (Å²) in [6.07, 6.45) is -4.17. The van der Waals surface area contributed by atoms with Crippen molar-refractivity contribution in [2.24, 2.45) is 0 Å². The number of aromatic nitrogens is 3. The molecule has 3 N–H and O–H groups in total. The maximum Gasteiger partial charge on any atom is 0.416 e. The van der Waals surface area contributed by atoms with Crippen LogP contribution in [0.15, 0.2) is 66.7 Å². The first kappa shape index (κ1) is 25.3. The van der Waals surface area contributed by atoms with Crippen LogP contribution in [0.3, 0.4) is 0 Å². The number of benzene rings is 3. The van der Waals surface area contributed by atoms with E-state index in [1.807, 2.05) is 29.0 Å². The number of sulfonamides is 1. The molecule has 1 aliphatic rings. The van der Waals surface area contributed by atoms with E-state index in [1.165, 1.54) is 17.4 Å². The number of hydrogen-bond donors (Lipinski definition) is 3. The van der Waals surface area contributed by atoms with Crippen LogP contribution in [-0.4, -0.2) is 29.3 Å². The van der Waals surface area contributed by atoms with E-state index in [-0.39, 0.29) is 11.9 Å². The summed E-state index contributed by atoms with van der Waals surface area (Å²) in [5.74, 6) is 0.0834. The van der Waals surface area contributed by atoms with E-state index in [0.29, 0.717) is 27.6 Å². The van der Waals surface area contributed by atoms with Gasteiger partial charge in [-0.05, 0) is 47.9 Å². The number of para-hydroxylation sites is 2. The molecule has 0 spiro atoms. The minimum Gasteiger partial charge on any atom is -0.351 e. The number of halogens is 3. The monoisotopic (exact) mass is 571 g/mol. The number of imidazole rings is 1. The average molecular weight is 572 g/mol. The lowest BCUT2D eigenvalue weighted by molar-refractivity contribution is -0.137. The van der Waals surface area contributed by atoms with Crippen LogP contribution in [0.1, 0.15) is 40.2 Å². The summed E-state index contributed by atoms with van der Waals surface area (Å²) in [6.45, 7) is 0. The van der Waals surface area contributed by atoms with Crippen molar-refractivity contribution in [1.29, 1.82) is 0 Å². The van der Waals surface area contributed by atoms with Gasteiger partial charge in [0, 0.05) is 0 Å². The van der Waals surface area contributed by atoms with Crippen LogP contribution < -0.4 is 10.0 Å². The zero-order valence-corrected chi connectivity index (χ0v) is 21.6. The smallest absolute Gasteiger partial charge is 0.351 e. The number of alkyl halides is 3. The lowest BCUT2D eigenvalue weighted by Gasteiger charge is -2.17. The van der Waals surface area contributed by atoms with Gasteiger partial charge in [-0.25, -0.2) is 18.4 Å². The Morgan fingerprint density at radius 3 is 2.49 bits per heavy atom. The zero-order valence-electron chi connectivity index (χ0n) is 20.0. The topological polar surface area (TPSA) is 117 Å². The van der Waals surface area contributed by atoms with Crippen molar-refractivity contribution in [1.82, 2.24) is 19.7 Å². The van der Waals surface area contributed by atoms with E-state index in [4.69, 9.17) is 4.98 Å². The number of carbonyl (C=O) groups is 1. The molecule has 0 radical (unpaired) electrons. The molecule has 6 rings (SSSR count). The molecule has 1 saturated heterocycles. The first-order chi connectivity index (χ1) is 18.5. The van der Waals surface area contributed by atoms with Crippen LogP contribution in [0.25, 0.3) is 21.3 Å². The molecule has 3 heterocycles. The molecule has 1 amide bonds. The third kappa shape index (κ3) is 5.06. The van der Waals surface area contributed by atoms with Crippen LogP contribution in [0, 0.1) is 0 Å². The molecule has 0 unspecified atom stereocenters. The van der Waals surface area contributed by atoms with E-state index in [1.54, 1.807) is 24.3 Å². The number of aromatic amines is 1. The summed E-state index contributed by atoms with van der Waals surface area (Å²) < 4.78 is 66.6. The van der Waals surface area contributed by atoms with Crippen LogP contribution >= 0.6 is 11.3 Å². The van der Waals surface area contributed by atoms with Gasteiger partial charge in [-0.3, -0.25) is 9.52 Å². The van der Waals surface area contributed by atoms with Gasteiger partial charge in [0.25, 0.3) is 0 Å². The molecule has 200 valence electrons. The number of H-pyrrole nitrogens is 1. The highest BCUT2D eigenvalue weighted by Gasteiger charge is 2.37. The van der Waals surface area contributed by atoms with Crippen molar-refractivity contribution in [2.75, 3.05) is 5.32 Å². The molecule has 13 heteroatoms. The molecule has 3 aromatic carbocycles. The minimum absolute atomic E-state index is 0.126. The average Bonchev–Trinajstić information content (AvgIpc) is 3.56. The summed E-state index contributed by atoms with van der Waals surface area (Å²) in [6, 6.07) is 17.5. The highest BCUT2D eigenvalue weighted by molar-refractivity contribution is 7.90. The number of nitrogens with one attached hydrogen (secondary N) is 3. The van der Waals surface area contributed by atoms with Crippen molar-refractivity contribution in [2.45, 2.75) is 30.3 Å². The number of amides is 1. The second kappa shape index (κ2) is 9.35. The molecule has 1 fully saturated rings. The summed E-state index contributed by atoms with van der Waals surface area (Å²) in [5.41, 5.74) is 2.44. The van der Waals surface area contributed by atoms with Gasteiger partial charge in [-0.2, -0.15) is 13.2 Å². The number of hydrogen-bond acceptors (Lipinski definition) is 7. The Hall–Kier alpha value is -3.97. The molecule has 2 aromatic heterocycles. The van der Waals surface area contributed by atoms with Crippen LogP contribution in [-0.2, 0) is 27.4 Å². The summed E-state index contributed by atoms with van der Waals surface area (Å²) in [5, 5.41) is 2.82. The normalized spacial score (nSPS) is 17.9. The van der Waals surface area contributed by atoms with Crippen LogP contribution in [0.5, 0.6) is 0 Å². The van der Waals surface area contributed by atoms with Crippen molar-refractivity contribution in [3.63, 3.8) is 0 Å². The Morgan fingerprint density at radius 1 is 1.03 bits per heavy atom. The van der Waals surface area contributed by atoms with Gasteiger partial charge in [0.2, 0.25) is 15.9 Å². The molecule has 1 aliphatic heterocycles. The molecular formula is C26H20F3N5O3S2. The van der Waals surface area contributed by atoms with Crippen molar-refractivity contribution in [3.8, 4) is 0 Å². The predicted molar refractivity (Wildman–Crippen MR) is 142 cm³/mol. The summed E-state index contributed by atoms with van der Waals surface area (Å²) >= 11 is 1.24. The number of rotatable bonds is 6. The molecule has 0 saturated carbocycles. The van der Waals surface area contributed by atoms with E-state index in [2.05, 4.69) is 15.3 Å².